The molecule has 0 amide bonds. The molecule has 1 heterocycles. The van der Waals surface area contributed by atoms with Crippen LogP contribution in [0.1, 0.15) is 18.1 Å². The fraction of sp³-hybridized carbons (Fsp3) is 0.267. The van der Waals surface area contributed by atoms with Crippen LogP contribution in [0.5, 0.6) is 5.75 Å². The number of ether oxygens (including phenoxy) is 1. The maximum absolute atomic E-state index is 13.2. The smallest absolute Gasteiger partial charge is 0.132 e. The quantitative estimate of drug-likeness (QED) is 0.892. The van der Waals surface area contributed by atoms with Crippen LogP contribution in [0.25, 0.3) is 0 Å². The van der Waals surface area contributed by atoms with Gasteiger partial charge in [-0.2, -0.15) is 0 Å². The van der Waals surface area contributed by atoms with Crippen molar-refractivity contribution in [3.05, 3.63) is 53.5 Å². The van der Waals surface area contributed by atoms with Gasteiger partial charge in [0.1, 0.15) is 24.0 Å². The van der Waals surface area contributed by atoms with Gasteiger partial charge in [0.05, 0.1) is 0 Å². The number of nitrogens with zero attached hydrogens (tertiary/aromatic N) is 1. The minimum atomic E-state index is -0.293. The van der Waals surface area contributed by atoms with Crippen molar-refractivity contribution in [2.45, 2.75) is 20.5 Å². The molecule has 0 saturated carbocycles. The number of hydrogen-bond donors (Lipinski definition) is 1. The number of aromatic nitrogens is 1. The van der Waals surface area contributed by atoms with E-state index in [2.05, 4.69) is 10.3 Å². The first kappa shape index (κ1) is 13.3. The van der Waals surface area contributed by atoms with Crippen LogP contribution in [0.2, 0.25) is 0 Å². The number of hydrogen-bond acceptors (Lipinski definition) is 3. The van der Waals surface area contributed by atoms with Crippen molar-refractivity contribution >= 4 is 5.82 Å². The summed E-state index contributed by atoms with van der Waals surface area (Å²) in [6, 6.07) is 8.34. The molecule has 2 rings (SSSR count). The van der Waals surface area contributed by atoms with Gasteiger partial charge in [0.15, 0.2) is 0 Å². The second kappa shape index (κ2) is 6.18. The fourth-order valence-electron chi connectivity index (χ4n) is 1.77. The summed E-state index contributed by atoms with van der Waals surface area (Å²) >= 11 is 0. The van der Waals surface area contributed by atoms with Gasteiger partial charge in [0.2, 0.25) is 0 Å². The Hall–Kier alpha value is -2.10. The van der Waals surface area contributed by atoms with Gasteiger partial charge in [-0.15, -0.1) is 0 Å². The van der Waals surface area contributed by atoms with Gasteiger partial charge in [-0.1, -0.05) is 12.1 Å². The molecule has 2 aromatic rings. The lowest BCUT2D eigenvalue weighted by molar-refractivity contribution is 0.302. The first-order valence-corrected chi connectivity index (χ1v) is 6.27. The molecule has 0 aliphatic rings. The van der Waals surface area contributed by atoms with E-state index in [0.29, 0.717) is 12.4 Å². The molecule has 0 radical (unpaired) electrons. The number of aryl methyl sites for hydroxylation is 1. The molecule has 0 fully saturated rings. The van der Waals surface area contributed by atoms with Crippen molar-refractivity contribution < 1.29 is 9.13 Å². The maximum Gasteiger partial charge on any atom is 0.132 e. The van der Waals surface area contributed by atoms with Crippen molar-refractivity contribution in [1.29, 1.82) is 0 Å². The summed E-state index contributed by atoms with van der Waals surface area (Å²) < 4.78 is 18.8. The summed E-state index contributed by atoms with van der Waals surface area (Å²) in [5, 5.41) is 3.17. The molecule has 0 spiro atoms. The van der Waals surface area contributed by atoms with Crippen molar-refractivity contribution in [2.24, 2.45) is 0 Å². The summed E-state index contributed by atoms with van der Waals surface area (Å²) in [6.07, 6.45) is 1.73. The molecular weight excluding hydrogens is 243 g/mol. The Morgan fingerprint density at radius 1 is 1.32 bits per heavy atom. The Balaban J connectivity index is 2.12. The Morgan fingerprint density at radius 3 is 2.95 bits per heavy atom. The Labute approximate surface area is 112 Å². The van der Waals surface area contributed by atoms with E-state index < -0.39 is 0 Å². The molecule has 0 bridgehead atoms. The molecule has 0 unspecified atom stereocenters. The summed E-state index contributed by atoms with van der Waals surface area (Å²) in [5.74, 6) is 1.07. The molecular formula is C15H17FN2O. The number of nitrogens with one attached hydrogen (secondary N) is 1. The van der Waals surface area contributed by atoms with Gasteiger partial charge < -0.3 is 10.1 Å². The fourth-order valence-corrected chi connectivity index (χ4v) is 1.77. The molecule has 0 saturated heterocycles. The van der Waals surface area contributed by atoms with Gasteiger partial charge in [-0.3, -0.25) is 0 Å². The van der Waals surface area contributed by atoms with E-state index in [1.807, 2.05) is 26.0 Å². The number of halogens is 1. The Morgan fingerprint density at radius 2 is 2.16 bits per heavy atom. The van der Waals surface area contributed by atoms with Crippen LogP contribution in [-0.4, -0.2) is 11.5 Å². The minimum absolute atomic E-state index is 0.293. The molecule has 1 aromatic heterocycles. The van der Waals surface area contributed by atoms with Crippen molar-refractivity contribution in [3.8, 4) is 5.75 Å². The van der Waals surface area contributed by atoms with Crippen LogP contribution in [0, 0.1) is 12.7 Å². The van der Waals surface area contributed by atoms with E-state index >= 15 is 0 Å². The summed E-state index contributed by atoms with van der Waals surface area (Å²) in [4.78, 5) is 4.26. The number of benzene rings is 1. The Bertz CT molecular complexity index is 558. The lowest BCUT2D eigenvalue weighted by Crippen LogP contribution is -2.06. The number of rotatable bonds is 5. The normalized spacial score (nSPS) is 10.3. The highest BCUT2D eigenvalue weighted by Crippen LogP contribution is 2.21. The molecule has 0 atom stereocenters. The lowest BCUT2D eigenvalue weighted by Gasteiger charge is -2.12. The predicted octanol–water partition coefficient (Wildman–Crippen LogP) is 3.54. The van der Waals surface area contributed by atoms with Gasteiger partial charge in [0, 0.05) is 24.4 Å². The van der Waals surface area contributed by atoms with E-state index in [9.17, 15) is 4.39 Å². The zero-order chi connectivity index (χ0) is 13.7. The van der Waals surface area contributed by atoms with Crippen molar-refractivity contribution in [1.82, 2.24) is 4.98 Å². The standard InChI is InChI=1S/C15H17FN2O/c1-3-17-15-12(5-4-8-18-15)10-19-14-9-13(16)7-6-11(14)2/h4-9H,3,10H2,1-2H3,(H,17,18). The van der Waals surface area contributed by atoms with Crippen LogP contribution in [0.4, 0.5) is 10.2 Å². The third-order valence-electron chi connectivity index (χ3n) is 2.77. The highest BCUT2D eigenvalue weighted by molar-refractivity contribution is 5.43. The first-order valence-electron chi connectivity index (χ1n) is 6.27. The van der Waals surface area contributed by atoms with E-state index in [1.54, 1.807) is 12.3 Å². The van der Waals surface area contributed by atoms with Crippen molar-refractivity contribution in [3.63, 3.8) is 0 Å². The first-order chi connectivity index (χ1) is 9.20. The second-order valence-corrected chi connectivity index (χ2v) is 4.24. The van der Waals surface area contributed by atoms with Gasteiger partial charge in [-0.05, 0) is 31.5 Å². The molecule has 0 aliphatic carbocycles. The predicted molar refractivity (Wildman–Crippen MR) is 73.9 cm³/mol. The van der Waals surface area contributed by atoms with Gasteiger partial charge >= 0.3 is 0 Å². The summed E-state index contributed by atoms with van der Waals surface area (Å²) in [7, 11) is 0. The minimum Gasteiger partial charge on any atom is -0.488 e. The van der Waals surface area contributed by atoms with Crippen LogP contribution in [0.15, 0.2) is 36.5 Å². The zero-order valence-corrected chi connectivity index (χ0v) is 11.1. The van der Waals surface area contributed by atoms with E-state index in [0.717, 1.165) is 23.5 Å². The maximum atomic E-state index is 13.2. The topological polar surface area (TPSA) is 34.2 Å². The van der Waals surface area contributed by atoms with Crippen LogP contribution in [0.3, 0.4) is 0 Å². The van der Waals surface area contributed by atoms with Crippen molar-refractivity contribution in [2.75, 3.05) is 11.9 Å². The zero-order valence-electron chi connectivity index (χ0n) is 11.1. The summed E-state index contributed by atoms with van der Waals surface area (Å²) in [6.45, 7) is 5.06. The van der Waals surface area contributed by atoms with Crippen LogP contribution >= 0.6 is 0 Å². The average Bonchev–Trinajstić information content (AvgIpc) is 2.42. The lowest BCUT2D eigenvalue weighted by atomic mass is 10.2. The molecule has 0 aliphatic heterocycles. The molecule has 1 N–H and O–H groups in total. The molecule has 19 heavy (non-hydrogen) atoms. The molecule has 100 valence electrons. The molecule has 4 heteroatoms. The van der Waals surface area contributed by atoms with E-state index in [4.69, 9.17) is 4.74 Å². The highest BCUT2D eigenvalue weighted by atomic mass is 19.1. The third kappa shape index (κ3) is 3.44. The summed E-state index contributed by atoms with van der Waals surface area (Å²) in [5.41, 5.74) is 1.86. The highest BCUT2D eigenvalue weighted by Gasteiger charge is 2.05. The molecule has 1 aromatic carbocycles. The van der Waals surface area contributed by atoms with Crippen LogP contribution < -0.4 is 10.1 Å². The second-order valence-electron chi connectivity index (χ2n) is 4.24. The SMILES string of the molecule is CCNc1ncccc1COc1cc(F)ccc1C. The average molecular weight is 260 g/mol. The third-order valence-corrected chi connectivity index (χ3v) is 2.77. The van der Waals surface area contributed by atoms with E-state index in [1.165, 1.54) is 12.1 Å². The Kier molecular flexibility index (Phi) is 4.34. The largest absolute Gasteiger partial charge is 0.488 e. The monoisotopic (exact) mass is 260 g/mol. The van der Waals surface area contributed by atoms with Gasteiger partial charge in [0.25, 0.3) is 0 Å². The number of anilines is 1. The van der Waals surface area contributed by atoms with E-state index in [-0.39, 0.29) is 5.82 Å². The van der Waals surface area contributed by atoms with Crippen LogP contribution in [-0.2, 0) is 6.61 Å². The molecule has 3 nitrogen and oxygen atoms in total. The number of pyridine rings is 1. The van der Waals surface area contributed by atoms with Gasteiger partial charge in [-0.25, -0.2) is 9.37 Å².